The number of para-hydroxylation sites is 2. The van der Waals surface area contributed by atoms with Gasteiger partial charge < -0.3 is 0 Å². The van der Waals surface area contributed by atoms with E-state index in [1.54, 1.807) is 84.9 Å². The van der Waals surface area contributed by atoms with Crippen LogP contribution in [-0.2, 0) is 45.7 Å². The van der Waals surface area contributed by atoms with Crippen LogP contribution >= 0.6 is 23.5 Å². The summed E-state index contributed by atoms with van der Waals surface area (Å²) in [5.41, 5.74) is 3.38. The van der Waals surface area contributed by atoms with Crippen LogP contribution in [0, 0.1) is 13.8 Å². The van der Waals surface area contributed by atoms with Gasteiger partial charge in [0, 0.05) is 20.9 Å². The smallest absolute Gasteiger partial charge is 0.273 e. The molecule has 2 amide bonds. The van der Waals surface area contributed by atoms with Crippen LogP contribution in [0.25, 0.3) is 0 Å². The first kappa shape index (κ1) is 39.6. The Balaban J connectivity index is 1.22. The van der Waals surface area contributed by atoms with Crippen molar-refractivity contribution in [1.29, 1.82) is 0 Å². The number of carbonyl (C=O) groups excluding carboxylic acids is 4. The molecule has 0 unspecified atom stereocenters. The topological polar surface area (TPSA) is 143 Å². The highest BCUT2D eigenvalue weighted by Crippen LogP contribution is 2.44. The Morgan fingerprint density at radius 3 is 1.08 bits per heavy atom. The van der Waals surface area contributed by atoms with Gasteiger partial charge >= 0.3 is 0 Å². The summed E-state index contributed by atoms with van der Waals surface area (Å²) >= 11 is 1.68. The maximum absolute atomic E-state index is 15.2. The molecular formula is C46H34N2O8S4. The van der Waals surface area contributed by atoms with Crippen LogP contribution in [-0.4, -0.2) is 38.9 Å². The molecule has 10 rings (SSSR count). The molecule has 14 heteroatoms. The van der Waals surface area contributed by atoms with E-state index in [2.05, 4.69) is 0 Å². The van der Waals surface area contributed by atoms with E-state index in [1.165, 1.54) is 36.4 Å². The molecule has 4 bridgehead atoms. The van der Waals surface area contributed by atoms with Crippen LogP contribution in [0.1, 0.15) is 74.8 Å². The van der Waals surface area contributed by atoms with E-state index in [9.17, 15) is 26.4 Å². The van der Waals surface area contributed by atoms with Crippen molar-refractivity contribution in [3.63, 3.8) is 0 Å². The van der Waals surface area contributed by atoms with Crippen molar-refractivity contribution in [2.75, 3.05) is 8.61 Å². The molecule has 0 saturated carbocycles. The van der Waals surface area contributed by atoms with Gasteiger partial charge in [0.25, 0.3) is 31.9 Å². The second-order valence-corrected chi connectivity index (χ2v) is 20.4. The average Bonchev–Trinajstić information content (AvgIpc) is 3.21. The predicted octanol–water partition coefficient (Wildman–Crippen LogP) is 8.75. The summed E-state index contributed by atoms with van der Waals surface area (Å²) < 4.78 is 59.9. The van der Waals surface area contributed by atoms with Crippen LogP contribution in [0.15, 0.2) is 141 Å². The Kier molecular flexibility index (Phi) is 9.93. The van der Waals surface area contributed by atoms with E-state index in [0.717, 1.165) is 43.3 Å². The van der Waals surface area contributed by atoms with Crippen molar-refractivity contribution in [3.05, 3.63) is 177 Å². The Morgan fingerprint density at radius 1 is 0.417 bits per heavy atom. The first-order valence-corrected chi connectivity index (χ1v) is 23.5. The number of thioether (sulfide) groups is 2. The van der Waals surface area contributed by atoms with Gasteiger partial charge in [0.1, 0.15) is 0 Å². The van der Waals surface area contributed by atoms with Crippen LogP contribution in [0.4, 0.5) is 11.4 Å². The van der Waals surface area contributed by atoms with E-state index in [-0.39, 0.29) is 78.9 Å². The molecule has 0 N–H and O–H groups in total. The number of benzene rings is 6. The second kappa shape index (κ2) is 15.0. The van der Waals surface area contributed by atoms with Gasteiger partial charge in [-0.25, -0.2) is 16.8 Å². The molecule has 2 aliphatic carbocycles. The summed E-state index contributed by atoms with van der Waals surface area (Å²) in [6.45, 7) is 3.65. The summed E-state index contributed by atoms with van der Waals surface area (Å²) in [5, 5.41) is -0.877. The second-order valence-electron chi connectivity index (χ2n) is 14.8. The van der Waals surface area contributed by atoms with Gasteiger partial charge in [-0.15, -0.1) is 0 Å². The zero-order valence-electron chi connectivity index (χ0n) is 32.2. The van der Waals surface area contributed by atoms with E-state index < -0.39 is 42.1 Å². The van der Waals surface area contributed by atoms with Gasteiger partial charge in [-0.3, -0.25) is 19.2 Å². The molecule has 60 heavy (non-hydrogen) atoms. The number of rotatable bonds is 4. The largest absolute Gasteiger partial charge is 0.281 e. The number of hydrogen-bond acceptors (Lipinski definition) is 10. The normalized spacial score (nSPS) is 15.4. The standard InChI is InChI=1S/C46H34N2O8S4/c1-27-11-23-33(24-12-27)59(53,54)47-35-7-3-5-9-37(35)57-45(51)41-31-19-17-29(39(41)43(47)49)15-16-30-18-20-32(22-21-31)42-40(30)44(50)48(36-8-4-6-10-38(36)58-46(42)52)60(55,56)34-25-13-28(2)14-26-34/h3-14,17-20,23-26H,15-16,21-22H2,1-2H3. The highest BCUT2D eigenvalue weighted by Gasteiger charge is 2.42. The molecule has 0 aromatic heterocycles. The maximum atomic E-state index is 15.2. The van der Waals surface area contributed by atoms with Crippen molar-refractivity contribution in [2.24, 2.45) is 0 Å². The molecule has 0 fully saturated rings. The van der Waals surface area contributed by atoms with E-state index in [4.69, 9.17) is 0 Å². The molecule has 2 heterocycles. The molecule has 300 valence electrons. The minimum atomic E-state index is -4.53. The predicted molar refractivity (Wildman–Crippen MR) is 231 cm³/mol. The zero-order valence-corrected chi connectivity index (χ0v) is 35.4. The van der Waals surface area contributed by atoms with Crippen molar-refractivity contribution < 1.29 is 36.0 Å². The third-order valence-electron chi connectivity index (χ3n) is 11.0. The molecule has 10 nitrogen and oxygen atoms in total. The minimum absolute atomic E-state index is 0.0219. The number of amides is 2. The van der Waals surface area contributed by atoms with Crippen molar-refractivity contribution in [3.8, 4) is 0 Å². The first-order valence-electron chi connectivity index (χ1n) is 19.0. The zero-order chi connectivity index (χ0) is 42.1. The quantitative estimate of drug-likeness (QED) is 0.169. The van der Waals surface area contributed by atoms with Crippen LogP contribution in [0.5, 0.6) is 0 Å². The van der Waals surface area contributed by atoms with Crippen LogP contribution < -0.4 is 8.61 Å². The molecule has 6 aromatic rings. The lowest BCUT2D eigenvalue weighted by Crippen LogP contribution is -2.40. The van der Waals surface area contributed by atoms with Gasteiger partial charge in [-0.1, -0.05) is 83.9 Å². The molecule has 6 aromatic carbocycles. The number of nitrogens with zero attached hydrogens (tertiary/aromatic N) is 2. The SMILES string of the molecule is Cc1ccc(S(=O)(=O)N2C(=O)c3c4ccc(c3C(=O)Sc3ccccc32)CCc2ccc(c3c2C(=O)Sc2ccccc2N(S(=O)(=O)c2ccc(C)cc2)C3=O)CC4)cc1. The van der Waals surface area contributed by atoms with Gasteiger partial charge in [-0.2, -0.15) is 8.61 Å². The highest BCUT2D eigenvalue weighted by molar-refractivity contribution is 8.14. The van der Waals surface area contributed by atoms with Gasteiger partial charge in [0.15, 0.2) is 0 Å². The highest BCUT2D eigenvalue weighted by atomic mass is 32.2. The maximum Gasteiger partial charge on any atom is 0.273 e. The van der Waals surface area contributed by atoms with E-state index in [1.807, 2.05) is 13.8 Å². The number of aryl methyl sites for hydroxylation is 6. The number of anilines is 2. The number of carbonyl (C=O) groups is 4. The Hall–Kier alpha value is -5.80. The summed E-state index contributed by atoms with van der Waals surface area (Å²) in [5.74, 6) is -1.81. The lowest BCUT2D eigenvalue weighted by molar-refractivity contribution is 0.0987. The van der Waals surface area contributed by atoms with Crippen molar-refractivity contribution in [2.45, 2.75) is 59.1 Å². The third-order valence-corrected chi connectivity index (χ3v) is 16.3. The van der Waals surface area contributed by atoms with E-state index in [0.29, 0.717) is 22.3 Å². The summed E-state index contributed by atoms with van der Waals surface area (Å²) in [6, 6.07) is 32.1. The fraction of sp³-hybridized carbons (Fsp3) is 0.130. The van der Waals surface area contributed by atoms with Gasteiger partial charge in [0.05, 0.1) is 32.3 Å². The summed E-state index contributed by atoms with van der Waals surface area (Å²) in [4.78, 5) is 59.6. The third kappa shape index (κ3) is 6.58. The summed E-state index contributed by atoms with van der Waals surface area (Å²) in [6.07, 6.45) is 0.283. The molecule has 2 aliphatic heterocycles. The molecule has 0 saturated heterocycles. The number of sulfonamides is 2. The Labute approximate surface area is 355 Å². The molecule has 0 spiro atoms. The minimum Gasteiger partial charge on any atom is -0.281 e. The van der Waals surface area contributed by atoms with E-state index >= 15 is 9.59 Å². The fourth-order valence-electron chi connectivity index (χ4n) is 7.96. The first-order chi connectivity index (χ1) is 28.8. The number of fused-ring (bicyclic) bond motifs is 6. The summed E-state index contributed by atoms with van der Waals surface area (Å²) in [7, 11) is -9.06. The molecule has 0 radical (unpaired) electrons. The Morgan fingerprint density at radius 2 is 0.733 bits per heavy atom. The lowest BCUT2D eigenvalue weighted by Gasteiger charge is -2.30. The molecule has 4 aliphatic rings. The average molecular weight is 871 g/mol. The van der Waals surface area contributed by atoms with Gasteiger partial charge in [0.2, 0.25) is 10.2 Å². The fourth-order valence-corrected chi connectivity index (χ4v) is 12.8. The monoisotopic (exact) mass is 870 g/mol. The van der Waals surface area contributed by atoms with Crippen LogP contribution in [0.3, 0.4) is 0 Å². The van der Waals surface area contributed by atoms with Crippen LogP contribution in [0.2, 0.25) is 0 Å². The number of hydrogen-bond donors (Lipinski definition) is 0. The van der Waals surface area contributed by atoms with Crippen molar-refractivity contribution >= 4 is 77.0 Å². The molecule has 0 atom stereocenters. The Bertz CT molecular complexity index is 2860. The lowest BCUT2D eigenvalue weighted by atomic mass is 9.85. The molecular weight excluding hydrogens is 837 g/mol. The van der Waals surface area contributed by atoms with Crippen molar-refractivity contribution in [1.82, 2.24) is 0 Å². The van der Waals surface area contributed by atoms with Gasteiger partial charge in [-0.05, 0) is 134 Å².